The van der Waals surface area contributed by atoms with Crippen molar-refractivity contribution in [1.82, 2.24) is 14.8 Å². The molecule has 1 fully saturated rings. The molecular weight excluding hydrogens is 380 g/mol. The molecule has 156 valence electrons. The standard InChI is InChI=1S/C19H24N4O6/c1-19(2,3)29-18(26)15(24)16-17(25)22(9-10-28-16)13-6-8-23(21-13)12-5-7-20-14(11-12)27-4/h5-8,11,15-16,24H,9-10H2,1-4H3/t15-,16-/m1/s1. The van der Waals surface area contributed by atoms with Gasteiger partial charge in [-0.2, -0.15) is 0 Å². The van der Waals surface area contributed by atoms with E-state index in [1.165, 1.54) is 12.0 Å². The van der Waals surface area contributed by atoms with Crippen molar-refractivity contribution in [3.63, 3.8) is 0 Å². The molecule has 1 saturated heterocycles. The maximum Gasteiger partial charge on any atom is 0.338 e. The number of amides is 1. The van der Waals surface area contributed by atoms with Gasteiger partial charge < -0.3 is 19.3 Å². The van der Waals surface area contributed by atoms with E-state index in [1.807, 2.05) is 0 Å². The fourth-order valence-corrected chi connectivity index (χ4v) is 2.80. The summed E-state index contributed by atoms with van der Waals surface area (Å²) in [5, 5.41) is 14.7. The zero-order valence-electron chi connectivity index (χ0n) is 16.7. The Morgan fingerprint density at radius 3 is 2.83 bits per heavy atom. The van der Waals surface area contributed by atoms with Crippen molar-refractivity contribution in [3.8, 4) is 11.6 Å². The quantitative estimate of drug-likeness (QED) is 0.725. The van der Waals surface area contributed by atoms with E-state index in [0.717, 1.165) is 0 Å². The van der Waals surface area contributed by atoms with E-state index in [9.17, 15) is 14.7 Å². The average Bonchev–Trinajstić information content (AvgIpc) is 3.16. The van der Waals surface area contributed by atoms with Crippen molar-refractivity contribution in [3.05, 3.63) is 30.6 Å². The van der Waals surface area contributed by atoms with Crippen LogP contribution >= 0.6 is 0 Å². The normalized spacial score (nSPS) is 18.4. The summed E-state index contributed by atoms with van der Waals surface area (Å²) in [6, 6.07) is 5.11. The fraction of sp³-hybridized carbons (Fsp3) is 0.474. The van der Waals surface area contributed by atoms with Crippen molar-refractivity contribution in [2.75, 3.05) is 25.2 Å². The number of carbonyl (C=O) groups is 2. The third-order valence-electron chi connectivity index (χ3n) is 4.10. The molecule has 1 aliphatic heterocycles. The number of pyridine rings is 1. The third-order valence-corrected chi connectivity index (χ3v) is 4.10. The first-order valence-electron chi connectivity index (χ1n) is 9.09. The summed E-state index contributed by atoms with van der Waals surface area (Å²) in [6.07, 6.45) is 0.190. The highest BCUT2D eigenvalue weighted by Gasteiger charge is 2.41. The zero-order chi connectivity index (χ0) is 21.2. The molecule has 0 aromatic carbocycles. The number of rotatable bonds is 5. The predicted octanol–water partition coefficient (Wildman–Crippen LogP) is 0.710. The number of morpholine rings is 1. The highest BCUT2D eigenvalue weighted by atomic mass is 16.6. The van der Waals surface area contributed by atoms with E-state index in [0.29, 0.717) is 17.4 Å². The topological polar surface area (TPSA) is 116 Å². The van der Waals surface area contributed by atoms with Crippen LogP contribution in [0.4, 0.5) is 5.82 Å². The number of carbonyl (C=O) groups excluding carboxylic acids is 2. The Kier molecular flexibility index (Phi) is 5.85. The van der Waals surface area contributed by atoms with E-state index in [4.69, 9.17) is 14.2 Å². The summed E-state index contributed by atoms with van der Waals surface area (Å²) in [4.78, 5) is 30.4. The summed E-state index contributed by atoms with van der Waals surface area (Å²) in [5.74, 6) is -0.669. The molecule has 2 atom stereocenters. The van der Waals surface area contributed by atoms with Crippen LogP contribution in [0.3, 0.4) is 0 Å². The molecule has 0 radical (unpaired) electrons. The summed E-state index contributed by atoms with van der Waals surface area (Å²) >= 11 is 0. The number of hydrogen-bond acceptors (Lipinski definition) is 8. The maximum absolute atomic E-state index is 12.8. The van der Waals surface area contributed by atoms with E-state index in [-0.39, 0.29) is 13.2 Å². The molecule has 1 N–H and O–H groups in total. The van der Waals surface area contributed by atoms with Gasteiger partial charge in [0.15, 0.2) is 18.0 Å². The van der Waals surface area contributed by atoms with Gasteiger partial charge >= 0.3 is 5.97 Å². The van der Waals surface area contributed by atoms with Gasteiger partial charge in [0.1, 0.15) is 5.60 Å². The van der Waals surface area contributed by atoms with Gasteiger partial charge in [-0.05, 0) is 26.8 Å². The number of esters is 1. The van der Waals surface area contributed by atoms with Gasteiger partial charge in [-0.1, -0.05) is 0 Å². The lowest BCUT2D eigenvalue weighted by Crippen LogP contribution is -2.55. The molecule has 1 amide bonds. The van der Waals surface area contributed by atoms with Crippen molar-refractivity contribution in [2.24, 2.45) is 0 Å². The third kappa shape index (κ3) is 4.72. The first-order chi connectivity index (χ1) is 13.7. The number of nitrogens with zero attached hydrogens (tertiary/aromatic N) is 4. The van der Waals surface area contributed by atoms with Crippen molar-refractivity contribution in [2.45, 2.75) is 38.6 Å². The number of aromatic nitrogens is 3. The van der Waals surface area contributed by atoms with Crippen molar-refractivity contribution in [1.29, 1.82) is 0 Å². The number of aliphatic hydroxyl groups excluding tert-OH is 1. The minimum atomic E-state index is -1.73. The van der Waals surface area contributed by atoms with E-state index in [2.05, 4.69) is 10.1 Å². The van der Waals surface area contributed by atoms with Crippen LogP contribution in [-0.2, 0) is 19.1 Å². The van der Waals surface area contributed by atoms with Gasteiger partial charge in [-0.25, -0.2) is 14.5 Å². The summed E-state index contributed by atoms with van der Waals surface area (Å²) in [6.45, 7) is 5.41. The van der Waals surface area contributed by atoms with E-state index >= 15 is 0 Å². The van der Waals surface area contributed by atoms with Crippen LogP contribution in [0.25, 0.3) is 5.69 Å². The minimum absolute atomic E-state index is 0.145. The van der Waals surface area contributed by atoms with Crippen LogP contribution in [0.2, 0.25) is 0 Å². The van der Waals surface area contributed by atoms with Crippen LogP contribution in [0.5, 0.6) is 5.88 Å². The van der Waals surface area contributed by atoms with Crippen LogP contribution in [0.15, 0.2) is 30.6 Å². The number of aliphatic hydroxyl groups is 1. The lowest BCUT2D eigenvalue weighted by Gasteiger charge is -2.33. The van der Waals surface area contributed by atoms with Gasteiger partial charge in [-0.3, -0.25) is 9.69 Å². The molecule has 1 aliphatic rings. The molecule has 0 saturated carbocycles. The largest absolute Gasteiger partial charge is 0.481 e. The van der Waals surface area contributed by atoms with Crippen LogP contribution in [0.1, 0.15) is 20.8 Å². The SMILES string of the molecule is COc1cc(-n2ccc(N3CCO[C@H]([C@@H](O)C(=O)OC(C)(C)C)C3=O)n2)ccn1. The molecule has 29 heavy (non-hydrogen) atoms. The Balaban J connectivity index is 1.77. The fourth-order valence-electron chi connectivity index (χ4n) is 2.80. The van der Waals surface area contributed by atoms with Gasteiger partial charge in [0.2, 0.25) is 5.88 Å². The molecule has 3 rings (SSSR count). The molecule has 2 aromatic rings. The van der Waals surface area contributed by atoms with Gasteiger partial charge in [0, 0.05) is 24.5 Å². The molecule has 2 aromatic heterocycles. The molecular formula is C19H24N4O6. The smallest absolute Gasteiger partial charge is 0.338 e. The zero-order valence-corrected chi connectivity index (χ0v) is 16.7. The Morgan fingerprint density at radius 2 is 2.14 bits per heavy atom. The van der Waals surface area contributed by atoms with E-state index < -0.39 is 29.7 Å². The number of anilines is 1. The first kappa shape index (κ1) is 20.7. The molecule has 10 heteroatoms. The molecule has 10 nitrogen and oxygen atoms in total. The molecule has 0 bridgehead atoms. The maximum atomic E-state index is 12.8. The monoisotopic (exact) mass is 404 g/mol. The molecule has 0 spiro atoms. The van der Waals surface area contributed by atoms with E-state index in [1.54, 1.807) is 56.0 Å². The second kappa shape index (κ2) is 8.18. The van der Waals surface area contributed by atoms with Gasteiger partial charge in [-0.15, -0.1) is 5.10 Å². The summed E-state index contributed by atoms with van der Waals surface area (Å²) in [5.41, 5.74) is -0.0889. The summed E-state index contributed by atoms with van der Waals surface area (Å²) in [7, 11) is 1.52. The number of ether oxygens (including phenoxy) is 3. The van der Waals surface area contributed by atoms with Gasteiger partial charge in [0.05, 0.1) is 25.9 Å². The molecule has 0 aliphatic carbocycles. The second-order valence-electron chi connectivity index (χ2n) is 7.43. The Hall–Kier alpha value is -2.98. The molecule has 0 unspecified atom stereocenters. The highest BCUT2D eigenvalue weighted by molar-refractivity contribution is 5.99. The Morgan fingerprint density at radius 1 is 1.38 bits per heavy atom. The average molecular weight is 404 g/mol. The lowest BCUT2D eigenvalue weighted by atomic mass is 10.1. The predicted molar refractivity (Wildman–Crippen MR) is 102 cm³/mol. The van der Waals surface area contributed by atoms with Crippen LogP contribution in [-0.4, -0.2) is 69.8 Å². The van der Waals surface area contributed by atoms with Crippen LogP contribution < -0.4 is 9.64 Å². The summed E-state index contributed by atoms with van der Waals surface area (Å²) < 4.78 is 17.2. The highest BCUT2D eigenvalue weighted by Crippen LogP contribution is 2.22. The van der Waals surface area contributed by atoms with Crippen molar-refractivity contribution >= 4 is 17.7 Å². The Labute approximate surface area is 168 Å². The van der Waals surface area contributed by atoms with Crippen LogP contribution in [0, 0.1) is 0 Å². The Bertz CT molecular complexity index is 891. The number of hydrogen-bond donors (Lipinski definition) is 1. The van der Waals surface area contributed by atoms with Crippen molar-refractivity contribution < 1.29 is 28.9 Å². The first-order valence-corrected chi connectivity index (χ1v) is 9.09. The number of methoxy groups -OCH3 is 1. The van der Waals surface area contributed by atoms with Gasteiger partial charge in [0.25, 0.3) is 5.91 Å². The second-order valence-corrected chi connectivity index (χ2v) is 7.43. The minimum Gasteiger partial charge on any atom is -0.481 e. The molecule has 3 heterocycles. The lowest BCUT2D eigenvalue weighted by molar-refractivity contribution is -0.177.